The van der Waals surface area contributed by atoms with Crippen LogP contribution in [0.5, 0.6) is 5.75 Å². The number of benzene rings is 2. The summed E-state index contributed by atoms with van der Waals surface area (Å²) in [5, 5.41) is 4.38. The second kappa shape index (κ2) is 7.49. The molecule has 0 aliphatic rings. The molecule has 6 heteroatoms. The number of carbonyl (C=O) groups excluding carboxylic acids is 1. The van der Waals surface area contributed by atoms with Crippen LogP contribution in [0.3, 0.4) is 0 Å². The predicted octanol–water partition coefficient (Wildman–Crippen LogP) is 3.93. The topological polar surface area (TPSA) is 77.5 Å². The highest BCUT2D eigenvalue weighted by Gasteiger charge is 2.08. The fourth-order valence-corrected chi connectivity index (χ4v) is 2.81. The first kappa shape index (κ1) is 17.2. The number of halogens is 1. The molecule has 0 aliphatic carbocycles. The molecule has 130 valence electrons. The molecule has 1 heterocycles. The lowest BCUT2D eigenvalue weighted by molar-refractivity contribution is -0.118. The van der Waals surface area contributed by atoms with Gasteiger partial charge in [0.15, 0.2) is 0 Å². The number of amides is 1. The van der Waals surface area contributed by atoms with Gasteiger partial charge in [0.2, 0.25) is 5.91 Å². The second-order valence-electron chi connectivity index (χ2n) is 5.79. The Labute approximate surface area is 150 Å². The van der Waals surface area contributed by atoms with Crippen molar-refractivity contribution in [3.8, 4) is 5.75 Å². The van der Waals surface area contributed by atoms with Crippen LogP contribution < -0.4 is 15.8 Å². The lowest BCUT2D eigenvalue weighted by Gasteiger charge is -2.08. The normalized spacial score (nSPS) is 10.8. The monoisotopic (exact) mass is 358 g/mol. The van der Waals surface area contributed by atoms with Crippen LogP contribution in [0.2, 0.25) is 5.02 Å². The smallest absolute Gasteiger partial charge is 0.216 e. The molecule has 1 aromatic heterocycles. The molecule has 3 N–H and O–H groups in total. The third kappa shape index (κ3) is 4.25. The molecule has 0 aliphatic heterocycles. The minimum absolute atomic E-state index is 0.0372. The van der Waals surface area contributed by atoms with Crippen LogP contribution in [0.25, 0.3) is 11.0 Å². The molecular weight excluding hydrogens is 340 g/mol. The summed E-state index contributed by atoms with van der Waals surface area (Å²) in [7, 11) is 0. The van der Waals surface area contributed by atoms with Gasteiger partial charge in [-0.3, -0.25) is 4.79 Å². The van der Waals surface area contributed by atoms with Crippen LogP contribution in [0.15, 0.2) is 47.1 Å². The molecule has 1 amide bonds. The highest BCUT2D eigenvalue weighted by atomic mass is 35.5. The van der Waals surface area contributed by atoms with E-state index in [-0.39, 0.29) is 5.91 Å². The van der Waals surface area contributed by atoms with Crippen molar-refractivity contribution in [2.45, 2.75) is 20.0 Å². The second-order valence-corrected chi connectivity index (χ2v) is 6.20. The van der Waals surface area contributed by atoms with E-state index in [0.717, 1.165) is 22.1 Å². The van der Waals surface area contributed by atoms with Gasteiger partial charge in [0, 0.05) is 41.2 Å². The number of nitrogens with two attached hydrogens (primary N) is 1. The van der Waals surface area contributed by atoms with Gasteiger partial charge in [-0.05, 0) is 36.2 Å². The van der Waals surface area contributed by atoms with Gasteiger partial charge in [0.1, 0.15) is 17.9 Å². The zero-order valence-corrected chi connectivity index (χ0v) is 14.6. The van der Waals surface area contributed by atoms with E-state index < -0.39 is 0 Å². The number of carbonyl (C=O) groups is 1. The van der Waals surface area contributed by atoms with Gasteiger partial charge in [-0.1, -0.05) is 17.7 Å². The number of furan rings is 1. The van der Waals surface area contributed by atoms with Gasteiger partial charge in [0.05, 0.1) is 6.26 Å². The van der Waals surface area contributed by atoms with E-state index in [0.29, 0.717) is 36.0 Å². The van der Waals surface area contributed by atoms with E-state index in [1.165, 1.54) is 6.92 Å². The predicted molar refractivity (Wildman–Crippen MR) is 98.8 cm³/mol. The average Bonchev–Trinajstić information content (AvgIpc) is 2.96. The summed E-state index contributed by atoms with van der Waals surface area (Å²) >= 11 is 6.16. The SMILES string of the molecule is CC(=O)NCCc1coc2cc(OCc3ccc(N)cc3Cl)ccc12. The summed E-state index contributed by atoms with van der Waals surface area (Å²) in [6.45, 7) is 2.43. The number of hydrogen-bond acceptors (Lipinski definition) is 4. The number of ether oxygens (including phenoxy) is 1. The Morgan fingerprint density at radius 3 is 2.84 bits per heavy atom. The Kier molecular flexibility index (Phi) is 5.14. The number of nitrogen functional groups attached to an aromatic ring is 1. The molecule has 2 aromatic carbocycles. The van der Waals surface area contributed by atoms with Crippen molar-refractivity contribution in [2.75, 3.05) is 12.3 Å². The van der Waals surface area contributed by atoms with E-state index >= 15 is 0 Å². The highest BCUT2D eigenvalue weighted by Crippen LogP contribution is 2.27. The molecule has 3 aromatic rings. The molecule has 3 rings (SSSR count). The maximum absolute atomic E-state index is 10.9. The summed E-state index contributed by atoms with van der Waals surface area (Å²) in [6, 6.07) is 11.1. The quantitative estimate of drug-likeness (QED) is 0.654. The Hall–Kier alpha value is -2.66. The Morgan fingerprint density at radius 1 is 1.24 bits per heavy atom. The van der Waals surface area contributed by atoms with Crippen LogP contribution >= 0.6 is 11.6 Å². The molecule has 25 heavy (non-hydrogen) atoms. The Bertz CT molecular complexity index is 905. The number of fused-ring (bicyclic) bond motifs is 1. The number of anilines is 1. The highest BCUT2D eigenvalue weighted by molar-refractivity contribution is 6.31. The summed E-state index contributed by atoms with van der Waals surface area (Å²) in [5.74, 6) is 0.660. The molecule has 0 spiro atoms. The summed E-state index contributed by atoms with van der Waals surface area (Å²) in [6.07, 6.45) is 2.43. The van der Waals surface area contributed by atoms with Crippen LogP contribution in [-0.4, -0.2) is 12.5 Å². The molecular formula is C19H19ClN2O3. The van der Waals surface area contributed by atoms with E-state index in [9.17, 15) is 4.79 Å². The van der Waals surface area contributed by atoms with Crippen LogP contribution in [0, 0.1) is 0 Å². The van der Waals surface area contributed by atoms with E-state index in [1.54, 1.807) is 18.4 Å². The minimum Gasteiger partial charge on any atom is -0.489 e. The standard InChI is InChI=1S/C19H19ClN2O3/c1-12(23)22-7-6-13-10-25-19-9-16(4-5-17(13)19)24-11-14-2-3-15(21)8-18(14)20/h2-5,8-10H,6-7,11,21H2,1H3,(H,22,23). The van der Waals surface area contributed by atoms with E-state index in [1.807, 2.05) is 24.3 Å². The van der Waals surface area contributed by atoms with Crippen molar-refractivity contribution in [3.05, 3.63) is 58.8 Å². The van der Waals surface area contributed by atoms with Gasteiger partial charge in [-0.25, -0.2) is 0 Å². The molecule has 0 atom stereocenters. The molecule has 5 nitrogen and oxygen atoms in total. The van der Waals surface area contributed by atoms with Crippen molar-refractivity contribution in [2.24, 2.45) is 0 Å². The van der Waals surface area contributed by atoms with Crippen molar-refractivity contribution in [1.82, 2.24) is 5.32 Å². The van der Waals surface area contributed by atoms with E-state index in [2.05, 4.69) is 5.32 Å². The maximum atomic E-state index is 10.9. The third-order valence-corrected chi connectivity index (χ3v) is 4.22. The summed E-state index contributed by atoms with van der Waals surface area (Å²) in [4.78, 5) is 10.9. The number of rotatable bonds is 6. The summed E-state index contributed by atoms with van der Waals surface area (Å²) < 4.78 is 11.4. The zero-order valence-electron chi connectivity index (χ0n) is 13.8. The molecule has 0 bridgehead atoms. The fraction of sp³-hybridized carbons (Fsp3) is 0.211. The van der Waals surface area contributed by atoms with Gasteiger partial charge in [-0.15, -0.1) is 0 Å². The minimum atomic E-state index is -0.0372. The first-order chi connectivity index (χ1) is 12.0. The summed E-state index contributed by atoms with van der Waals surface area (Å²) in [5.41, 5.74) is 8.98. The van der Waals surface area contributed by atoms with Gasteiger partial charge < -0.3 is 20.2 Å². The lowest BCUT2D eigenvalue weighted by Crippen LogP contribution is -2.22. The van der Waals surface area contributed by atoms with Gasteiger partial charge in [0.25, 0.3) is 0 Å². The first-order valence-corrected chi connectivity index (χ1v) is 8.32. The molecule has 0 fully saturated rings. The Morgan fingerprint density at radius 2 is 2.08 bits per heavy atom. The number of hydrogen-bond donors (Lipinski definition) is 2. The van der Waals surface area contributed by atoms with Crippen LogP contribution in [0.1, 0.15) is 18.1 Å². The molecule has 0 unspecified atom stereocenters. The number of nitrogens with one attached hydrogen (secondary N) is 1. The maximum Gasteiger partial charge on any atom is 0.216 e. The Balaban J connectivity index is 1.68. The zero-order chi connectivity index (χ0) is 17.8. The van der Waals surface area contributed by atoms with Crippen molar-refractivity contribution in [3.63, 3.8) is 0 Å². The molecule has 0 saturated heterocycles. The van der Waals surface area contributed by atoms with Gasteiger partial charge in [-0.2, -0.15) is 0 Å². The first-order valence-electron chi connectivity index (χ1n) is 7.94. The third-order valence-electron chi connectivity index (χ3n) is 3.87. The van der Waals surface area contributed by atoms with Crippen LogP contribution in [0.4, 0.5) is 5.69 Å². The largest absolute Gasteiger partial charge is 0.489 e. The molecule has 0 radical (unpaired) electrons. The van der Waals surface area contributed by atoms with Crippen molar-refractivity contribution in [1.29, 1.82) is 0 Å². The van der Waals surface area contributed by atoms with Crippen molar-refractivity contribution >= 4 is 34.2 Å². The molecule has 0 saturated carbocycles. The average molecular weight is 359 g/mol. The van der Waals surface area contributed by atoms with E-state index in [4.69, 9.17) is 26.5 Å². The lowest BCUT2D eigenvalue weighted by atomic mass is 10.1. The van der Waals surface area contributed by atoms with Gasteiger partial charge >= 0.3 is 0 Å². The van der Waals surface area contributed by atoms with Crippen LogP contribution in [-0.2, 0) is 17.8 Å². The fourth-order valence-electron chi connectivity index (χ4n) is 2.56. The van der Waals surface area contributed by atoms with Crippen molar-refractivity contribution < 1.29 is 13.9 Å².